The molecule has 0 heterocycles. The van der Waals surface area contributed by atoms with E-state index in [0.29, 0.717) is 35.6 Å². The summed E-state index contributed by atoms with van der Waals surface area (Å²) in [6.45, 7) is 9.83. The summed E-state index contributed by atoms with van der Waals surface area (Å²) in [7, 11) is 0. The Bertz CT molecular complexity index is 1130. The zero-order chi connectivity index (χ0) is 26.7. The number of hydrogen-bond acceptors (Lipinski definition) is 6. The van der Waals surface area contributed by atoms with Gasteiger partial charge < -0.3 is 15.7 Å². The van der Waals surface area contributed by atoms with E-state index in [9.17, 15) is 14.7 Å². The molecular weight excluding hydrogens is 456 g/mol. The first-order chi connectivity index (χ1) is 17.1. The van der Waals surface area contributed by atoms with Crippen molar-refractivity contribution in [2.75, 3.05) is 17.2 Å². The topological polar surface area (TPSA) is 143 Å². The number of anilines is 2. The highest BCUT2D eigenvalue weighted by molar-refractivity contribution is 5.97. The molecule has 2 rings (SSSR count). The van der Waals surface area contributed by atoms with E-state index in [-0.39, 0.29) is 11.8 Å². The molecule has 2 aromatic rings. The van der Waals surface area contributed by atoms with Crippen LogP contribution in [0.2, 0.25) is 0 Å². The Balaban J connectivity index is 2.15. The van der Waals surface area contributed by atoms with Crippen LogP contribution in [-0.2, 0) is 4.79 Å². The molecule has 6 N–H and O–H groups in total. The number of aliphatic hydroxyl groups is 1. The van der Waals surface area contributed by atoms with Crippen molar-refractivity contribution in [3.05, 3.63) is 47.5 Å². The Kier molecular flexibility index (Phi) is 10.6. The molecule has 0 aliphatic carbocycles. The largest absolute Gasteiger partial charge is 0.390 e. The number of nitrogens with zero attached hydrogens (tertiary/aromatic N) is 2. The summed E-state index contributed by atoms with van der Waals surface area (Å²) in [5, 5.41) is 29.3. The third-order valence-electron chi connectivity index (χ3n) is 5.79. The molecule has 3 amide bonds. The monoisotopic (exact) mass is 493 g/mol. The predicted octanol–water partition coefficient (Wildman–Crippen LogP) is 4.08. The van der Waals surface area contributed by atoms with Gasteiger partial charge in [0, 0.05) is 24.4 Å². The van der Waals surface area contributed by atoms with Crippen molar-refractivity contribution >= 4 is 41.0 Å². The van der Waals surface area contributed by atoms with Gasteiger partial charge >= 0.3 is 11.9 Å². The Morgan fingerprint density at radius 1 is 1.19 bits per heavy atom. The summed E-state index contributed by atoms with van der Waals surface area (Å²) in [6.07, 6.45) is 3.36. The number of primary amides is 1. The lowest BCUT2D eigenvalue weighted by Crippen LogP contribution is -2.83. The van der Waals surface area contributed by atoms with Crippen LogP contribution in [0.15, 0.2) is 41.4 Å². The number of urea groups is 1. The van der Waals surface area contributed by atoms with Crippen molar-refractivity contribution in [1.82, 2.24) is 5.32 Å². The summed E-state index contributed by atoms with van der Waals surface area (Å²) >= 11 is 0. The average molecular weight is 494 g/mol. The molecule has 0 aromatic heterocycles. The molecule has 0 saturated carbocycles. The van der Waals surface area contributed by atoms with Gasteiger partial charge in [0.25, 0.3) is 0 Å². The molecule has 192 valence electrons. The smallest absolute Gasteiger partial charge is 0.324 e. The minimum atomic E-state index is -0.813. The molecule has 9 heteroatoms. The van der Waals surface area contributed by atoms with E-state index in [1.165, 1.54) is 6.34 Å². The zero-order valence-corrected chi connectivity index (χ0v) is 21.7. The number of quaternary nitrogens is 1. The van der Waals surface area contributed by atoms with Crippen LogP contribution in [0.4, 0.5) is 27.5 Å². The highest BCUT2D eigenvalue weighted by atomic mass is 16.3. The number of aliphatic imine (C=N–C) groups is 1. The number of hydrogen-bond donors (Lipinski definition) is 5. The van der Waals surface area contributed by atoms with Gasteiger partial charge in [-0.2, -0.15) is 5.26 Å². The number of rotatable bonds is 11. The van der Waals surface area contributed by atoms with Crippen molar-refractivity contribution in [3.8, 4) is 6.07 Å². The molecule has 0 aliphatic heterocycles. The third-order valence-corrected chi connectivity index (χ3v) is 5.79. The van der Waals surface area contributed by atoms with E-state index in [1.807, 2.05) is 32.9 Å². The molecule has 0 bridgehead atoms. The molecule has 2 aromatic carbocycles. The van der Waals surface area contributed by atoms with Crippen LogP contribution in [0.5, 0.6) is 0 Å². The molecule has 0 unspecified atom stereocenters. The molecular formula is C27H37N6O3+. The highest BCUT2D eigenvalue weighted by Gasteiger charge is 2.20. The maximum atomic E-state index is 12.6. The lowest BCUT2D eigenvalue weighted by molar-refractivity contribution is -0.487. The Hall–Kier alpha value is -3.74. The van der Waals surface area contributed by atoms with Crippen molar-refractivity contribution in [3.63, 3.8) is 0 Å². The fourth-order valence-electron chi connectivity index (χ4n) is 3.52. The Morgan fingerprint density at radius 2 is 1.92 bits per heavy atom. The van der Waals surface area contributed by atoms with Gasteiger partial charge in [0.1, 0.15) is 5.69 Å². The third kappa shape index (κ3) is 9.13. The lowest BCUT2D eigenvalue weighted by atomic mass is 10.0. The Labute approximate surface area is 213 Å². The second kappa shape index (κ2) is 13.4. The van der Waals surface area contributed by atoms with Crippen molar-refractivity contribution in [2.45, 2.75) is 59.5 Å². The van der Waals surface area contributed by atoms with Gasteiger partial charge in [-0.1, -0.05) is 19.9 Å². The predicted molar refractivity (Wildman–Crippen MR) is 143 cm³/mol. The van der Waals surface area contributed by atoms with Crippen LogP contribution in [-0.4, -0.2) is 35.5 Å². The molecule has 0 saturated heterocycles. The van der Waals surface area contributed by atoms with Gasteiger partial charge in [0.2, 0.25) is 0 Å². The number of nitriles is 1. The number of aryl methyl sites for hydroxylation is 1. The molecule has 9 nitrogen and oxygen atoms in total. The van der Waals surface area contributed by atoms with Gasteiger partial charge in [0.05, 0.1) is 40.9 Å². The molecule has 0 atom stereocenters. The molecule has 36 heavy (non-hydrogen) atoms. The summed E-state index contributed by atoms with van der Waals surface area (Å²) < 4.78 is 0. The average Bonchev–Trinajstić information content (AvgIpc) is 2.81. The number of amides is 3. The summed E-state index contributed by atoms with van der Waals surface area (Å²) in [5.74, 6) is 0.0558. The van der Waals surface area contributed by atoms with E-state index in [4.69, 9.17) is 5.26 Å². The molecule has 0 aliphatic rings. The fourth-order valence-corrected chi connectivity index (χ4v) is 3.52. The van der Waals surface area contributed by atoms with Crippen molar-refractivity contribution < 1.29 is 20.0 Å². The van der Waals surface area contributed by atoms with Crippen LogP contribution in [0.25, 0.3) is 0 Å². The van der Waals surface area contributed by atoms with Crippen LogP contribution in [0, 0.1) is 24.2 Å². The minimum absolute atomic E-state index is 0.0183. The van der Waals surface area contributed by atoms with E-state index in [2.05, 4.69) is 27.0 Å². The standard InChI is InChI=1S/C27H36N6O3/c1-6-19(7-2)25(34)32-22-10-11-23(29-13-12-27(4,5)36)24(15-22)30-17-31-26(35)33-21-9-8-18(3)20(14-21)16-28/h8-11,14-15,17,19,29,36H,6-7,12-13H2,1-5H3,(H,32,34)(H2,30,31,33,35)/p+1. The van der Waals surface area contributed by atoms with Crippen LogP contribution in [0.1, 0.15) is 58.1 Å². The summed E-state index contributed by atoms with van der Waals surface area (Å²) in [6, 6.07) is 12.1. The van der Waals surface area contributed by atoms with E-state index >= 15 is 0 Å². The summed E-state index contributed by atoms with van der Waals surface area (Å²) in [4.78, 5) is 29.3. The van der Waals surface area contributed by atoms with E-state index < -0.39 is 11.6 Å². The number of nitrogens with two attached hydrogens (primary N) is 1. The maximum Gasteiger partial charge on any atom is 0.324 e. The minimum Gasteiger partial charge on any atom is -0.390 e. The SMILES string of the molecule is CCC(CC)C(=O)[NH2+]c1ccc(NCCC(C)(C)O)c(N=CNC(=O)Nc2ccc(C)c(C#N)c2)c1. The fraction of sp³-hybridized carbons (Fsp3) is 0.407. The van der Waals surface area contributed by atoms with Gasteiger partial charge in [-0.05, 0) is 63.8 Å². The number of carbonyl (C=O) groups is 2. The van der Waals surface area contributed by atoms with E-state index in [1.54, 1.807) is 43.4 Å². The summed E-state index contributed by atoms with van der Waals surface area (Å²) in [5.41, 5.74) is 2.97. The lowest BCUT2D eigenvalue weighted by Gasteiger charge is -2.18. The first kappa shape index (κ1) is 28.5. The Morgan fingerprint density at radius 3 is 2.56 bits per heavy atom. The first-order valence-corrected chi connectivity index (χ1v) is 12.2. The highest BCUT2D eigenvalue weighted by Crippen LogP contribution is 2.27. The number of benzene rings is 2. The van der Waals surface area contributed by atoms with Crippen LogP contribution in [0.3, 0.4) is 0 Å². The van der Waals surface area contributed by atoms with Crippen molar-refractivity contribution in [1.29, 1.82) is 5.26 Å². The second-order valence-electron chi connectivity index (χ2n) is 9.32. The van der Waals surface area contributed by atoms with Gasteiger partial charge in [-0.25, -0.2) is 14.6 Å². The van der Waals surface area contributed by atoms with Gasteiger partial charge in [0.15, 0.2) is 0 Å². The second-order valence-corrected chi connectivity index (χ2v) is 9.32. The van der Waals surface area contributed by atoms with Crippen molar-refractivity contribution in [2.24, 2.45) is 10.9 Å². The van der Waals surface area contributed by atoms with E-state index in [0.717, 1.165) is 24.1 Å². The molecule has 0 fully saturated rings. The van der Waals surface area contributed by atoms with Gasteiger partial charge in [-0.3, -0.25) is 10.6 Å². The van der Waals surface area contributed by atoms with Crippen LogP contribution >= 0.6 is 0 Å². The number of carbonyl (C=O) groups excluding carboxylic acids is 2. The molecule has 0 spiro atoms. The number of nitrogens with one attached hydrogen (secondary N) is 3. The molecule has 0 radical (unpaired) electrons. The normalized spacial score (nSPS) is 11.4. The first-order valence-electron chi connectivity index (χ1n) is 12.2. The van der Waals surface area contributed by atoms with Crippen LogP contribution < -0.4 is 21.3 Å². The maximum absolute atomic E-state index is 12.6. The zero-order valence-electron chi connectivity index (χ0n) is 21.7. The van der Waals surface area contributed by atoms with Gasteiger partial charge in [-0.15, -0.1) is 0 Å². The quantitative estimate of drug-likeness (QED) is 0.182.